The molecule has 0 aliphatic rings. The first-order valence-corrected chi connectivity index (χ1v) is 16.7. The van der Waals surface area contributed by atoms with E-state index in [2.05, 4.69) is 20.3 Å². The van der Waals surface area contributed by atoms with Crippen LogP contribution >= 0.6 is 0 Å². The quantitative estimate of drug-likeness (QED) is 0.166. The highest BCUT2D eigenvalue weighted by atomic mass is 32.2. The number of anilines is 1. The minimum atomic E-state index is -3.88. The van der Waals surface area contributed by atoms with Gasteiger partial charge in [-0.3, -0.25) is 9.71 Å². The molecule has 2 aromatic carbocycles. The van der Waals surface area contributed by atoms with E-state index in [0.717, 1.165) is 5.56 Å². The van der Waals surface area contributed by atoms with Crippen LogP contribution in [-0.4, -0.2) is 61.7 Å². The third kappa shape index (κ3) is 8.63. The molecule has 3 rings (SSSR count). The number of benzene rings is 2. The number of fused-ring (bicyclic) bond motifs is 1. The Morgan fingerprint density at radius 2 is 1.62 bits per heavy atom. The molecule has 0 atom stereocenters. The summed E-state index contributed by atoms with van der Waals surface area (Å²) in [6, 6.07) is 13.5. The Bertz CT molecular complexity index is 1340. The zero-order valence-corrected chi connectivity index (χ0v) is 25.2. The van der Waals surface area contributed by atoms with E-state index in [0.29, 0.717) is 61.2 Å². The average molecular weight is 591 g/mol. The van der Waals surface area contributed by atoms with Crippen molar-refractivity contribution in [3.8, 4) is 5.75 Å². The van der Waals surface area contributed by atoms with E-state index in [1.54, 1.807) is 42.6 Å². The first kappa shape index (κ1) is 31.3. The summed E-state index contributed by atoms with van der Waals surface area (Å²) in [6.45, 7) is 7.91. The lowest BCUT2D eigenvalue weighted by molar-refractivity contribution is 0.0708. The van der Waals surface area contributed by atoms with Crippen molar-refractivity contribution < 1.29 is 31.2 Å². The molecule has 11 nitrogen and oxygen atoms in total. The number of hydrogen-bond acceptors (Lipinski definition) is 8. The number of urea groups is 1. The van der Waals surface area contributed by atoms with Crippen LogP contribution in [0, 0.1) is 0 Å². The van der Waals surface area contributed by atoms with E-state index in [-0.39, 0.29) is 17.5 Å². The van der Waals surface area contributed by atoms with Crippen molar-refractivity contribution in [3.05, 3.63) is 60.3 Å². The molecule has 0 bridgehead atoms. The van der Waals surface area contributed by atoms with Gasteiger partial charge in [0.2, 0.25) is 0 Å². The molecule has 0 spiro atoms. The van der Waals surface area contributed by atoms with E-state index in [1.165, 1.54) is 19.2 Å². The minimum absolute atomic E-state index is 0.0890. The van der Waals surface area contributed by atoms with Crippen molar-refractivity contribution in [2.45, 2.75) is 44.7 Å². The standard InChI is InChI=1S/C27H38N4O7SSi/c1-5-36-40(37-6-2,38-7-3)17-9-16-29-27(32)30-20-21-11-13-23(14-12-21)39(33,34)31-26-19-22(35-4)18-25-24(26)10-8-15-28-25/h8,10-15,18-19,31H,5-7,9,16-17,20H2,1-4H3,(H2,29,30,32). The van der Waals surface area contributed by atoms with E-state index in [1.807, 2.05) is 20.8 Å². The van der Waals surface area contributed by atoms with E-state index in [4.69, 9.17) is 18.0 Å². The Morgan fingerprint density at radius 1 is 0.950 bits per heavy atom. The van der Waals surface area contributed by atoms with Crippen LogP contribution in [0.5, 0.6) is 5.75 Å². The predicted molar refractivity (Wildman–Crippen MR) is 156 cm³/mol. The summed E-state index contributed by atoms with van der Waals surface area (Å²) in [5.74, 6) is 0.489. The minimum Gasteiger partial charge on any atom is -0.497 e. The molecule has 0 aliphatic carbocycles. The summed E-state index contributed by atoms with van der Waals surface area (Å²) in [7, 11) is -5.11. The summed E-state index contributed by atoms with van der Waals surface area (Å²) < 4.78 is 51.6. The number of pyridine rings is 1. The SMILES string of the molecule is CCO[Si](CCCNC(=O)NCc1ccc(S(=O)(=O)Nc2cc(OC)cc3ncccc23)cc1)(OCC)OCC. The number of methoxy groups -OCH3 is 1. The molecule has 0 radical (unpaired) electrons. The van der Waals surface area contributed by atoms with Gasteiger partial charge in [0.1, 0.15) is 5.75 Å². The fourth-order valence-electron chi connectivity index (χ4n) is 4.10. The maximum Gasteiger partial charge on any atom is 0.500 e. The lowest BCUT2D eigenvalue weighted by atomic mass is 10.2. The van der Waals surface area contributed by atoms with E-state index >= 15 is 0 Å². The summed E-state index contributed by atoms with van der Waals surface area (Å²) in [5.41, 5.74) is 1.73. The number of carbonyl (C=O) groups excluding carboxylic acids is 1. The second-order valence-electron chi connectivity index (χ2n) is 8.69. The molecule has 2 amide bonds. The molecular weight excluding hydrogens is 552 g/mol. The highest BCUT2D eigenvalue weighted by Crippen LogP contribution is 2.30. The molecule has 3 N–H and O–H groups in total. The Hall–Kier alpha value is -3.23. The molecule has 1 aromatic heterocycles. The van der Waals surface area contributed by atoms with Gasteiger partial charge in [0.05, 0.1) is 23.2 Å². The molecule has 1 heterocycles. The molecule has 218 valence electrons. The fraction of sp³-hybridized carbons (Fsp3) is 0.407. The largest absolute Gasteiger partial charge is 0.500 e. The number of sulfonamides is 1. The molecule has 0 aliphatic heterocycles. The zero-order chi connectivity index (χ0) is 29.0. The number of nitrogens with zero attached hydrogens (tertiary/aromatic N) is 1. The molecule has 3 aromatic rings. The fourth-order valence-corrected chi connectivity index (χ4v) is 7.78. The third-order valence-corrected chi connectivity index (χ3v) is 10.4. The molecular formula is C27H38N4O7SSi. The van der Waals surface area contributed by atoms with Gasteiger partial charge in [-0.1, -0.05) is 12.1 Å². The third-order valence-electron chi connectivity index (χ3n) is 5.90. The van der Waals surface area contributed by atoms with Crippen LogP contribution in [0.4, 0.5) is 10.5 Å². The highest BCUT2D eigenvalue weighted by Gasteiger charge is 2.39. The zero-order valence-electron chi connectivity index (χ0n) is 23.4. The van der Waals surface area contributed by atoms with Gasteiger partial charge in [-0.05, 0) is 57.0 Å². The second kappa shape index (κ2) is 15.0. The van der Waals surface area contributed by atoms with Gasteiger partial charge < -0.3 is 28.6 Å². The number of hydrogen-bond donors (Lipinski definition) is 3. The van der Waals surface area contributed by atoms with Crippen molar-refractivity contribution in [1.29, 1.82) is 0 Å². The Labute approximate surface area is 237 Å². The molecule has 0 saturated heterocycles. The van der Waals surface area contributed by atoms with Crippen LogP contribution < -0.4 is 20.1 Å². The number of rotatable bonds is 16. The summed E-state index contributed by atoms with van der Waals surface area (Å²) >= 11 is 0. The van der Waals surface area contributed by atoms with Gasteiger partial charge in [-0.2, -0.15) is 0 Å². The monoisotopic (exact) mass is 590 g/mol. The van der Waals surface area contributed by atoms with Gasteiger partial charge in [-0.25, -0.2) is 13.2 Å². The van der Waals surface area contributed by atoms with Crippen molar-refractivity contribution >= 4 is 41.4 Å². The number of ether oxygens (including phenoxy) is 1. The summed E-state index contributed by atoms with van der Waals surface area (Å²) in [6.07, 6.45) is 2.28. The van der Waals surface area contributed by atoms with Crippen LogP contribution in [-0.2, 0) is 29.8 Å². The van der Waals surface area contributed by atoms with Crippen molar-refractivity contribution in [2.24, 2.45) is 0 Å². The molecule has 0 unspecified atom stereocenters. The predicted octanol–water partition coefficient (Wildman–Crippen LogP) is 4.28. The second-order valence-corrected chi connectivity index (χ2v) is 13.1. The van der Waals surface area contributed by atoms with Gasteiger partial charge in [-0.15, -0.1) is 0 Å². The van der Waals surface area contributed by atoms with Crippen LogP contribution in [0.15, 0.2) is 59.6 Å². The smallest absolute Gasteiger partial charge is 0.497 e. The Kier molecular flexibility index (Phi) is 11.7. The number of amides is 2. The summed E-state index contributed by atoms with van der Waals surface area (Å²) in [5, 5.41) is 6.26. The van der Waals surface area contributed by atoms with E-state index < -0.39 is 18.8 Å². The average Bonchev–Trinajstić information content (AvgIpc) is 2.94. The van der Waals surface area contributed by atoms with Crippen molar-refractivity contribution in [2.75, 3.05) is 38.2 Å². The first-order valence-electron chi connectivity index (χ1n) is 13.2. The van der Waals surface area contributed by atoms with Crippen molar-refractivity contribution in [3.63, 3.8) is 0 Å². The first-order chi connectivity index (χ1) is 19.3. The normalized spacial score (nSPS) is 11.8. The van der Waals surface area contributed by atoms with Crippen LogP contribution in [0.1, 0.15) is 32.8 Å². The van der Waals surface area contributed by atoms with Gasteiger partial charge >= 0.3 is 14.8 Å². The molecule has 0 fully saturated rings. The number of nitrogens with one attached hydrogen (secondary N) is 3. The van der Waals surface area contributed by atoms with Crippen LogP contribution in [0.3, 0.4) is 0 Å². The lowest BCUT2D eigenvalue weighted by Crippen LogP contribution is -2.46. The van der Waals surface area contributed by atoms with E-state index in [9.17, 15) is 13.2 Å². The molecule has 0 saturated carbocycles. The van der Waals surface area contributed by atoms with Crippen molar-refractivity contribution in [1.82, 2.24) is 15.6 Å². The summed E-state index contributed by atoms with van der Waals surface area (Å²) in [4.78, 5) is 16.7. The van der Waals surface area contributed by atoms with Gasteiger partial charge in [0.25, 0.3) is 10.0 Å². The lowest BCUT2D eigenvalue weighted by Gasteiger charge is -2.28. The molecule has 40 heavy (non-hydrogen) atoms. The maximum absolute atomic E-state index is 13.1. The maximum atomic E-state index is 13.1. The molecule has 13 heteroatoms. The topological polar surface area (TPSA) is 137 Å². The Morgan fingerprint density at radius 3 is 2.25 bits per heavy atom. The van der Waals surface area contributed by atoms with Crippen LogP contribution in [0.2, 0.25) is 6.04 Å². The number of aromatic nitrogens is 1. The Balaban J connectivity index is 1.53. The van der Waals surface area contributed by atoms with Gasteiger partial charge in [0, 0.05) is 62.7 Å². The number of carbonyl (C=O) groups is 1. The van der Waals surface area contributed by atoms with Crippen LogP contribution in [0.25, 0.3) is 10.9 Å². The highest BCUT2D eigenvalue weighted by molar-refractivity contribution is 7.92. The van der Waals surface area contributed by atoms with Gasteiger partial charge in [0.15, 0.2) is 0 Å².